The van der Waals surface area contributed by atoms with Crippen LogP contribution in [-0.2, 0) is 14.0 Å². The van der Waals surface area contributed by atoms with Crippen molar-refractivity contribution < 1.29 is 14.0 Å². The Bertz CT molecular complexity index is 497. The molecule has 0 bridgehead atoms. The van der Waals surface area contributed by atoms with Gasteiger partial charge in [0.1, 0.15) is 6.10 Å². The summed E-state index contributed by atoms with van der Waals surface area (Å²) in [5.74, 6) is 0.0442. The van der Waals surface area contributed by atoms with Crippen LogP contribution in [0, 0.1) is 5.92 Å². The molecule has 4 heteroatoms. The summed E-state index contributed by atoms with van der Waals surface area (Å²) in [5.41, 5.74) is 2.31. The van der Waals surface area contributed by atoms with E-state index in [1.807, 2.05) is 6.92 Å². The number of hydrogen-bond donors (Lipinski definition) is 0. The molecular weight excluding hydrogens is 280 g/mol. The highest BCUT2D eigenvalue weighted by atomic mass is 28.4. The molecule has 0 aromatic rings. The van der Waals surface area contributed by atoms with Crippen LogP contribution < -0.4 is 0 Å². The molecular formula is C17H28O3Si. The van der Waals surface area contributed by atoms with Crippen LogP contribution in [0.4, 0.5) is 0 Å². The summed E-state index contributed by atoms with van der Waals surface area (Å²) >= 11 is 0. The van der Waals surface area contributed by atoms with E-state index in [4.69, 9.17) is 9.16 Å². The van der Waals surface area contributed by atoms with E-state index in [9.17, 15) is 4.79 Å². The van der Waals surface area contributed by atoms with Gasteiger partial charge < -0.3 is 9.16 Å². The van der Waals surface area contributed by atoms with Crippen LogP contribution in [0.2, 0.25) is 18.1 Å². The normalized spacial score (nSPS) is 30.2. The Morgan fingerprint density at radius 3 is 2.43 bits per heavy atom. The molecule has 2 rings (SSSR count). The van der Waals surface area contributed by atoms with Gasteiger partial charge in [0.25, 0.3) is 0 Å². The highest BCUT2D eigenvalue weighted by molar-refractivity contribution is 6.74. The van der Waals surface area contributed by atoms with Crippen molar-refractivity contribution in [3.05, 3.63) is 23.3 Å². The van der Waals surface area contributed by atoms with Gasteiger partial charge in [0.15, 0.2) is 8.32 Å². The van der Waals surface area contributed by atoms with E-state index in [2.05, 4.69) is 46.9 Å². The number of hydrogen-bond acceptors (Lipinski definition) is 3. The molecule has 0 amide bonds. The second kappa shape index (κ2) is 5.40. The van der Waals surface area contributed by atoms with Crippen LogP contribution in [-0.4, -0.2) is 26.5 Å². The fourth-order valence-corrected chi connectivity index (χ4v) is 4.08. The van der Waals surface area contributed by atoms with Crippen LogP contribution >= 0.6 is 0 Å². The zero-order valence-corrected chi connectivity index (χ0v) is 15.3. The third kappa shape index (κ3) is 3.32. The quantitative estimate of drug-likeness (QED) is 0.435. The molecule has 0 saturated carbocycles. The molecule has 0 N–H and O–H groups in total. The van der Waals surface area contributed by atoms with E-state index in [-0.39, 0.29) is 29.1 Å². The summed E-state index contributed by atoms with van der Waals surface area (Å²) in [6, 6.07) is 0. The first-order valence-corrected chi connectivity index (χ1v) is 10.7. The van der Waals surface area contributed by atoms with Gasteiger partial charge in [0.2, 0.25) is 0 Å². The van der Waals surface area contributed by atoms with Crippen molar-refractivity contribution in [1.29, 1.82) is 0 Å². The van der Waals surface area contributed by atoms with Crippen LogP contribution in [0.3, 0.4) is 0 Å². The van der Waals surface area contributed by atoms with Gasteiger partial charge in [0.05, 0.1) is 6.10 Å². The first-order chi connectivity index (χ1) is 9.51. The van der Waals surface area contributed by atoms with Crippen molar-refractivity contribution in [2.24, 2.45) is 5.92 Å². The topological polar surface area (TPSA) is 35.5 Å². The largest absolute Gasteiger partial charge is 0.454 e. The minimum atomic E-state index is -1.79. The number of esters is 1. The highest BCUT2D eigenvalue weighted by Crippen LogP contribution is 2.41. The Morgan fingerprint density at radius 1 is 1.24 bits per heavy atom. The lowest BCUT2D eigenvalue weighted by atomic mass is 9.80. The summed E-state index contributed by atoms with van der Waals surface area (Å²) < 4.78 is 12.0. The lowest BCUT2D eigenvalue weighted by Crippen LogP contribution is -2.47. The molecule has 0 aromatic heterocycles. The van der Waals surface area contributed by atoms with Crippen LogP contribution in [0.5, 0.6) is 0 Å². The van der Waals surface area contributed by atoms with Crippen molar-refractivity contribution in [2.75, 3.05) is 0 Å². The number of ether oxygens (including phenoxy) is 1. The molecule has 2 aliphatic rings. The van der Waals surface area contributed by atoms with Crippen LogP contribution in [0.15, 0.2) is 23.3 Å². The molecule has 118 valence electrons. The summed E-state index contributed by atoms with van der Waals surface area (Å²) in [6.07, 6.45) is 4.66. The molecule has 0 radical (unpaired) electrons. The van der Waals surface area contributed by atoms with Crippen molar-refractivity contribution in [2.45, 2.75) is 71.4 Å². The fourth-order valence-electron chi connectivity index (χ4n) is 2.73. The fraction of sp³-hybridized carbons (Fsp3) is 0.706. The van der Waals surface area contributed by atoms with Gasteiger partial charge in [0, 0.05) is 12.0 Å². The molecule has 1 heterocycles. The third-order valence-corrected chi connectivity index (χ3v) is 9.71. The van der Waals surface area contributed by atoms with E-state index in [0.717, 1.165) is 12.0 Å². The molecule has 0 unspecified atom stereocenters. The lowest BCUT2D eigenvalue weighted by molar-refractivity contribution is -0.145. The van der Waals surface area contributed by atoms with E-state index in [1.165, 1.54) is 5.57 Å². The Kier molecular flexibility index (Phi) is 4.24. The van der Waals surface area contributed by atoms with Gasteiger partial charge in [-0.1, -0.05) is 26.3 Å². The van der Waals surface area contributed by atoms with Gasteiger partial charge in [-0.25, -0.2) is 4.79 Å². The third-order valence-electron chi connectivity index (χ3n) is 5.23. The summed E-state index contributed by atoms with van der Waals surface area (Å²) in [5, 5.41) is 0.202. The predicted molar refractivity (Wildman–Crippen MR) is 87.6 cm³/mol. The lowest BCUT2D eigenvalue weighted by Gasteiger charge is -2.43. The second-order valence-electron chi connectivity index (χ2n) is 7.91. The van der Waals surface area contributed by atoms with Crippen molar-refractivity contribution in [3.8, 4) is 0 Å². The number of fused-ring (bicyclic) bond motifs is 1. The monoisotopic (exact) mass is 308 g/mol. The first-order valence-electron chi connectivity index (χ1n) is 7.76. The first kappa shape index (κ1) is 16.5. The Hall–Kier alpha value is -0.873. The molecule has 21 heavy (non-hydrogen) atoms. The molecule has 0 spiro atoms. The molecule has 1 aliphatic carbocycles. The zero-order chi connectivity index (χ0) is 16.0. The van der Waals surface area contributed by atoms with E-state index in [0.29, 0.717) is 0 Å². The van der Waals surface area contributed by atoms with Gasteiger partial charge in [-0.15, -0.1) is 0 Å². The Morgan fingerprint density at radius 2 is 1.86 bits per heavy atom. The van der Waals surface area contributed by atoms with Crippen LogP contribution in [0.25, 0.3) is 0 Å². The number of rotatable bonds is 2. The Labute approximate surface area is 129 Å². The minimum Gasteiger partial charge on any atom is -0.454 e. The van der Waals surface area contributed by atoms with E-state index >= 15 is 0 Å². The standard InChI is InChI=1S/C17H28O3Si/c1-11-9-16(18)19-15-8-12(2)14(10-13(11)15)20-21(6,7)17(3,4)5/h8-9,13-15H,10H2,1-7H3/t13-,14-,15-/m1/s1. The van der Waals surface area contributed by atoms with Crippen molar-refractivity contribution in [1.82, 2.24) is 0 Å². The highest BCUT2D eigenvalue weighted by Gasteiger charge is 2.42. The van der Waals surface area contributed by atoms with Gasteiger partial charge in [-0.2, -0.15) is 0 Å². The maximum absolute atomic E-state index is 11.5. The van der Waals surface area contributed by atoms with Gasteiger partial charge >= 0.3 is 5.97 Å². The number of carbonyl (C=O) groups is 1. The van der Waals surface area contributed by atoms with Crippen molar-refractivity contribution in [3.63, 3.8) is 0 Å². The van der Waals surface area contributed by atoms with Gasteiger partial charge in [-0.05, 0) is 50.0 Å². The Balaban J connectivity index is 2.20. The molecule has 1 aliphatic heterocycles. The SMILES string of the molecule is CC1=CC(=O)O[C@@H]2C=C(C)[C@H](O[Si](C)(C)C(C)(C)C)C[C@H]12. The summed E-state index contributed by atoms with van der Waals surface area (Å²) in [7, 11) is -1.79. The maximum atomic E-state index is 11.5. The summed E-state index contributed by atoms with van der Waals surface area (Å²) in [6.45, 7) is 15.5. The minimum absolute atomic E-state index is 0.109. The predicted octanol–water partition coefficient (Wildman–Crippen LogP) is 4.21. The number of carbonyl (C=O) groups excluding carboxylic acids is 1. The average molecular weight is 308 g/mol. The average Bonchev–Trinajstić information content (AvgIpc) is 2.29. The van der Waals surface area contributed by atoms with Gasteiger partial charge in [-0.3, -0.25) is 0 Å². The second-order valence-corrected chi connectivity index (χ2v) is 12.7. The molecule has 0 aromatic carbocycles. The zero-order valence-electron chi connectivity index (χ0n) is 14.3. The smallest absolute Gasteiger partial charge is 0.331 e. The van der Waals surface area contributed by atoms with Crippen LogP contribution in [0.1, 0.15) is 41.0 Å². The maximum Gasteiger partial charge on any atom is 0.331 e. The molecule has 3 nitrogen and oxygen atoms in total. The van der Waals surface area contributed by atoms with Crippen molar-refractivity contribution >= 4 is 14.3 Å². The van der Waals surface area contributed by atoms with E-state index < -0.39 is 8.32 Å². The molecule has 0 saturated heterocycles. The molecule has 0 fully saturated rings. The summed E-state index contributed by atoms with van der Waals surface area (Å²) in [4.78, 5) is 11.5. The van der Waals surface area contributed by atoms with E-state index in [1.54, 1.807) is 6.08 Å². The molecule has 3 atom stereocenters.